The van der Waals surface area contributed by atoms with Gasteiger partial charge in [0.15, 0.2) is 0 Å². The number of piperazine rings is 1. The Hall–Kier alpha value is -1.42. The summed E-state index contributed by atoms with van der Waals surface area (Å²) >= 11 is 0. The van der Waals surface area contributed by atoms with Gasteiger partial charge in [0.1, 0.15) is 0 Å². The van der Waals surface area contributed by atoms with Crippen molar-refractivity contribution >= 4 is 17.1 Å². The Morgan fingerprint density at radius 2 is 1.79 bits per heavy atom. The summed E-state index contributed by atoms with van der Waals surface area (Å²) in [4.78, 5) is 2.31. The smallest absolute Gasteiger partial charge is 0.0568 e. The van der Waals surface area contributed by atoms with Crippen molar-refractivity contribution < 1.29 is 0 Å². The number of hydrogen-bond donors (Lipinski definition) is 3. The maximum atomic E-state index is 5.76. The van der Waals surface area contributed by atoms with E-state index in [0.29, 0.717) is 11.4 Å². The van der Waals surface area contributed by atoms with Gasteiger partial charge in [0.05, 0.1) is 11.4 Å². The lowest BCUT2D eigenvalue weighted by Gasteiger charge is -2.29. The number of nitrogens with one attached hydrogen (secondary N) is 1. The lowest BCUT2D eigenvalue weighted by Crippen LogP contribution is -2.43. The molecule has 2 rings (SSSR count). The molecule has 0 radical (unpaired) electrons. The fourth-order valence-corrected chi connectivity index (χ4v) is 1.68. The van der Waals surface area contributed by atoms with E-state index in [1.54, 1.807) is 0 Å². The standard InChI is InChI=1S/C10H16N4/c11-9-2-1-8(7-10(9)12)14-5-3-13-4-6-14/h1-2,7,13H,3-6,11-12H2. The first-order valence-corrected chi connectivity index (χ1v) is 4.88. The zero-order chi connectivity index (χ0) is 9.97. The molecule has 0 spiro atoms. The molecule has 0 amide bonds. The average Bonchev–Trinajstić information content (AvgIpc) is 2.23. The number of nitrogen functional groups attached to an aromatic ring is 2. The zero-order valence-corrected chi connectivity index (χ0v) is 8.16. The van der Waals surface area contributed by atoms with Crippen molar-refractivity contribution in [1.82, 2.24) is 5.32 Å². The maximum Gasteiger partial charge on any atom is 0.0568 e. The maximum absolute atomic E-state index is 5.76. The summed E-state index contributed by atoms with van der Waals surface area (Å²) < 4.78 is 0. The third kappa shape index (κ3) is 1.75. The molecule has 76 valence electrons. The Balaban J connectivity index is 2.18. The van der Waals surface area contributed by atoms with Crippen LogP contribution in [0.15, 0.2) is 18.2 Å². The lowest BCUT2D eigenvalue weighted by atomic mass is 10.2. The highest BCUT2D eigenvalue weighted by Crippen LogP contribution is 2.22. The van der Waals surface area contributed by atoms with Crippen LogP contribution in [-0.2, 0) is 0 Å². The van der Waals surface area contributed by atoms with Gasteiger partial charge in [-0.15, -0.1) is 0 Å². The second-order valence-electron chi connectivity index (χ2n) is 3.55. The number of anilines is 3. The van der Waals surface area contributed by atoms with Crippen molar-refractivity contribution in [1.29, 1.82) is 0 Å². The molecule has 0 unspecified atom stereocenters. The van der Waals surface area contributed by atoms with E-state index in [1.165, 1.54) is 5.69 Å². The van der Waals surface area contributed by atoms with Crippen LogP contribution in [0.3, 0.4) is 0 Å². The number of hydrogen-bond acceptors (Lipinski definition) is 4. The predicted octanol–water partition coefficient (Wildman–Crippen LogP) is 0.261. The van der Waals surface area contributed by atoms with Crippen molar-refractivity contribution in [3.63, 3.8) is 0 Å². The molecule has 0 atom stereocenters. The van der Waals surface area contributed by atoms with Gasteiger partial charge in [0, 0.05) is 31.9 Å². The molecule has 0 saturated carbocycles. The molecule has 4 nitrogen and oxygen atoms in total. The highest BCUT2D eigenvalue weighted by molar-refractivity contribution is 5.69. The first-order chi connectivity index (χ1) is 6.77. The number of nitrogens with zero attached hydrogens (tertiary/aromatic N) is 1. The summed E-state index contributed by atoms with van der Waals surface area (Å²) in [6.07, 6.45) is 0. The average molecular weight is 192 g/mol. The van der Waals surface area contributed by atoms with Gasteiger partial charge in [-0.3, -0.25) is 0 Å². The minimum absolute atomic E-state index is 0.656. The van der Waals surface area contributed by atoms with Crippen LogP contribution in [0.25, 0.3) is 0 Å². The highest BCUT2D eigenvalue weighted by Gasteiger charge is 2.10. The molecule has 1 aliphatic rings. The molecule has 0 aliphatic carbocycles. The minimum Gasteiger partial charge on any atom is -0.397 e. The summed E-state index contributed by atoms with van der Waals surface area (Å²) in [6.45, 7) is 4.13. The Labute approximate surface area is 83.9 Å². The first kappa shape index (κ1) is 9.15. The minimum atomic E-state index is 0.656. The van der Waals surface area contributed by atoms with Crippen LogP contribution in [0.2, 0.25) is 0 Å². The molecular weight excluding hydrogens is 176 g/mol. The quantitative estimate of drug-likeness (QED) is 0.558. The normalized spacial score (nSPS) is 17.0. The molecule has 1 heterocycles. The Morgan fingerprint density at radius 1 is 1.07 bits per heavy atom. The molecule has 1 fully saturated rings. The Morgan fingerprint density at radius 3 is 2.43 bits per heavy atom. The van der Waals surface area contributed by atoms with Gasteiger partial charge < -0.3 is 21.7 Å². The van der Waals surface area contributed by atoms with Crippen molar-refractivity contribution in [2.45, 2.75) is 0 Å². The van der Waals surface area contributed by atoms with E-state index in [1.807, 2.05) is 18.2 Å². The summed E-state index contributed by atoms with van der Waals surface area (Å²) in [5.74, 6) is 0. The van der Waals surface area contributed by atoms with Gasteiger partial charge in [-0.25, -0.2) is 0 Å². The van der Waals surface area contributed by atoms with Crippen LogP contribution in [0.1, 0.15) is 0 Å². The number of benzene rings is 1. The molecule has 5 N–H and O–H groups in total. The first-order valence-electron chi connectivity index (χ1n) is 4.88. The van der Waals surface area contributed by atoms with E-state index in [-0.39, 0.29) is 0 Å². The molecule has 0 bridgehead atoms. The predicted molar refractivity (Wildman–Crippen MR) is 60.3 cm³/mol. The third-order valence-electron chi connectivity index (χ3n) is 2.55. The van der Waals surface area contributed by atoms with Crippen LogP contribution in [0.5, 0.6) is 0 Å². The summed E-state index contributed by atoms with van der Waals surface area (Å²) in [5, 5.41) is 3.31. The van der Waals surface area contributed by atoms with E-state index in [4.69, 9.17) is 11.5 Å². The molecule has 1 aromatic rings. The van der Waals surface area contributed by atoms with Gasteiger partial charge in [0.25, 0.3) is 0 Å². The lowest BCUT2D eigenvalue weighted by molar-refractivity contribution is 0.589. The SMILES string of the molecule is Nc1ccc(N2CCNCC2)cc1N. The van der Waals surface area contributed by atoms with Gasteiger partial charge in [-0.2, -0.15) is 0 Å². The van der Waals surface area contributed by atoms with Gasteiger partial charge in [-0.1, -0.05) is 0 Å². The molecule has 0 aromatic heterocycles. The fraction of sp³-hybridized carbons (Fsp3) is 0.400. The van der Waals surface area contributed by atoms with Gasteiger partial charge >= 0.3 is 0 Å². The third-order valence-corrected chi connectivity index (χ3v) is 2.55. The zero-order valence-electron chi connectivity index (χ0n) is 8.16. The van der Waals surface area contributed by atoms with E-state index < -0.39 is 0 Å². The van der Waals surface area contributed by atoms with Crippen LogP contribution >= 0.6 is 0 Å². The van der Waals surface area contributed by atoms with Crippen LogP contribution in [0, 0.1) is 0 Å². The summed E-state index contributed by atoms with van der Waals surface area (Å²) in [7, 11) is 0. The molecular formula is C10H16N4. The van der Waals surface area contributed by atoms with E-state index in [9.17, 15) is 0 Å². The highest BCUT2D eigenvalue weighted by atomic mass is 15.2. The summed E-state index contributed by atoms with van der Waals surface area (Å²) in [6, 6.07) is 5.84. The second kappa shape index (κ2) is 3.75. The van der Waals surface area contributed by atoms with Crippen LogP contribution < -0.4 is 21.7 Å². The van der Waals surface area contributed by atoms with Crippen molar-refractivity contribution in [2.75, 3.05) is 42.5 Å². The number of rotatable bonds is 1. The van der Waals surface area contributed by atoms with Crippen LogP contribution in [0.4, 0.5) is 17.1 Å². The summed E-state index contributed by atoms with van der Waals surface area (Å²) in [5.41, 5.74) is 13.9. The van der Waals surface area contributed by atoms with Crippen LogP contribution in [-0.4, -0.2) is 26.2 Å². The molecule has 4 heteroatoms. The molecule has 1 aromatic carbocycles. The van der Waals surface area contributed by atoms with Gasteiger partial charge in [-0.05, 0) is 18.2 Å². The fourth-order valence-electron chi connectivity index (χ4n) is 1.68. The largest absolute Gasteiger partial charge is 0.397 e. The molecule has 1 aliphatic heterocycles. The number of nitrogens with two attached hydrogens (primary N) is 2. The van der Waals surface area contributed by atoms with Crippen molar-refractivity contribution in [2.24, 2.45) is 0 Å². The van der Waals surface area contributed by atoms with E-state index in [2.05, 4.69) is 10.2 Å². The van der Waals surface area contributed by atoms with Crippen molar-refractivity contribution in [3.8, 4) is 0 Å². The van der Waals surface area contributed by atoms with Crippen molar-refractivity contribution in [3.05, 3.63) is 18.2 Å². The Kier molecular flexibility index (Phi) is 2.45. The van der Waals surface area contributed by atoms with E-state index in [0.717, 1.165) is 26.2 Å². The molecule has 1 saturated heterocycles. The molecule has 14 heavy (non-hydrogen) atoms. The monoisotopic (exact) mass is 192 g/mol. The van der Waals surface area contributed by atoms with Gasteiger partial charge in [0.2, 0.25) is 0 Å². The topological polar surface area (TPSA) is 67.3 Å². The second-order valence-corrected chi connectivity index (χ2v) is 3.55. The Bertz CT molecular complexity index is 318. The van der Waals surface area contributed by atoms with E-state index >= 15 is 0 Å².